The molecule has 0 saturated heterocycles. The van der Waals surface area contributed by atoms with Crippen LogP contribution in [0, 0.1) is 6.92 Å². The van der Waals surface area contributed by atoms with Gasteiger partial charge in [0.15, 0.2) is 5.16 Å². The maximum atomic E-state index is 12.9. The minimum Gasteiger partial charge on any atom is -0.325 e. The van der Waals surface area contributed by atoms with Gasteiger partial charge in [-0.3, -0.25) is 14.2 Å². The highest BCUT2D eigenvalue weighted by Crippen LogP contribution is 2.25. The van der Waals surface area contributed by atoms with Crippen LogP contribution in [-0.4, -0.2) is 26.2 Å². The molecular formula is C23H19ClN4O2S2. The molecule has 9 heteroatoms. The Morgan fingerprint density at radius 2 is 2.12 bits per heavy atom. The molecule has 0 spiro atoms. The lowest BCUT2D eigenvalue weighted by Gasteiger charge is -2.12. The summed E-state index contributed by atoms with van der Waals surface area (Å²) in [6, 6.07) is 12.5. The van der Waals surface area contributed by atoms with Crippen LogP contribution in [0.15, 0.2) is 70.5 Å². The van der Waals surface area contributed by atoms with Gasteiger partial charge in [0.25, 0.3) is 5.56 Å². The average Bonchev–Trinajstić information content (AvgIpc) is 3.21. The number of fused-ring (bicyclic) bond motifs is 1. The Kier molecular flexibility index (Phi) is 6.74. The second kappa shape index (κ2) is 9.68. The van der Waals surface area contributed by atoms with Crippen LogP contribution in [0.3, 0.4) is 0 Å². The largest absolute Gasteiger partial charge is 0.325 e. The number of thioether (sulfide) groups is 1. The highest BCUT2D eigenvalue weighted by molar-refractivity contribution is 7.99. The van der Waals surface area contributed by atoms with E-state index in [-0.39, 0.29) is 17.2 Å². The smallest absolute Gasteiger partial charge is 0.262 e. The van der Waals surface area contributed by atoms with Crippen LogP contribution >= 0.6 is 34.7 Å². The third-order valence-electron chi connectivity index (χ3n) is 4.59. The molecule has 6 nitrogen and oxygen atoms in total. The van der Waals surface area contributed by atoms with Crippen molar-refractivity contribution in [2.75, 3.05) is 11.1 Å². The van der Waals surface area contributed by atoms with Crippen LogP contribution in [0.2, 0.25) is 5.02 Å². The number of hydrogen-bond acceptors (Lipinski definition) is 6. The van der Waals surface area contributed by atoms with Gasteiger partial charge in [0.1, 0.15) is 0 Å². The van der Waals surface area contributed by atoms with E-state index in [0.717, 1.165) is 16.3 Å². The quantitative estimate of drug-likeness (QED) is 0.217. The first-order valence-corrected chi connectivity index (χ1v) is 11.9. The number of hydrogen-bond donors (Lipinski definition) is 1. The Hall–Kier alpha value is -2.94. The molecule has 0 saturated carbocycles. The molecular weight excluding hydrogens is 464 g/mol. The zero-order chi connectivity index (χ0) is 22.7. The average molecular weight is 483 g/mol. The maximum Gasteiger partial charge on any atom is 0.262 e. The van der Waals surface area contributed by atoms with Gasteiger partial charge in [0.05, 0.1) is 27.4 Å². The number of anilines is 1. The van der Waals surface area contributed by atoms with Gasteiger partial charge in [0, 0.05) is 28.2 Å². The first kappa shape index (κ1) is 22.3. The first-order valence-electron chi connectivity index (χ1n) is 9.71. The topological polar surface area (TPSA) is 76.9 Å². The van der Waals surface area contributed by atoms with Gasteiger partial charge in [-0.1, -0.05) is 41.6 Å². The third-order valence-corrected chi connectivity index (χ3v) is 6.57. The van der Waals surface area contributed by atoms with Crippen molar-refractivity contribution in [2.24, 2.45) is 0 Å². The van der Waals surface area contributed by atoms with Gasteiger partial charge in [-0.05, 0) is 37.3 Å². The molecule has 1 N–H and O–H groups in total. The summed E-state index contributed by atoms with van der Waals surface area (Å²) in [6.07, 6.45) is 1.63. The van der Waals surface area contributed by atoms with E-state index in [1.165, 1.54) is 16.3 Å². The lowest BCUT2D eigenvalue weighted by molar-refractivity contribution is -0.113. The van der Waals surface area contributed by atoms with E-state index in [4.69, 9.17) is 11.6 Å². The van der Waals surface area contributed by atoms with Crippen molar-refractivity contribution in [3.05, 3.63) is 80.9 Å². The second-order valence-corrected chi connectivity index (χ2v) is 9.37. The summed E-state index contributed by atoms with van der Waals surface area (Å²) in [7, 11) is 0. The fourth-order valence-corrected chi connectivity index (χ4v) is 4.75. The summed E-state index contributed by atoms with van der Waals surface area (Å²) in [5, 5.41) is 7.28. The van der Waals surface area contributed by atoms with Crippen molar-refractivity contribution in [1.29, 1.82) is 0 Å². The van der Waals surface area contributed by atoms with E-state index < -0.39 is 0 Å². The van der Waals surface area contributed by atoms with E-state index in [9.17, 15) is 9.59 Å². The number of nitrogens with one attached hydrogen (secondary N) is 1. The molecule has 2 aromatic carbocycles. The molecule has 162 valence electrons. The van der Waals surface area contributed by atoms with Crippen LogP contribution in [0.4, 0.5) is 5.69 Å². The number of allylic oxidation sites excluding steroid dienone is 1. The molecule has 32 heavy (non-hydrogen) atoms. The summed E-state index contributed by atoms with van der Waals surface area (Å²) in [5.41, 5.74) is 2.80. The molecule has 2 heterocycles. The van der Waals surface area contributed by atoms with E-state index in [1.807, 2.05) is 36.6 Å². The Morgan fingerprint density at radius 3 is 2.88 bits per heavy atom. The molecule has 1 amide bonds. The number of halogens is 1. The lowest BCUT2D eigenvalue weighted by atomic mass is 10.1. The Balaban J connectivity index is 1.52. The SMILES string of the molecule is C=CCn1c(SCC(=O)Nc2cccc(-c3csc(C)n3)c2)nc2cc(Cl)ccc2c1=O. The number of carbonyl (C=O) groups excluding carboxylic acids is 1. The van der Waals surface area contributed by atoms with Gasteiger partial charge in [-0.25, -0.2) is 9.97 Å². The van der Waals surface area contributed by atoms with Crippen molar-refractivity contribution in [2.45, 2.75) is 18.6 Å². The zero-order valence-corrected chi connectivity index (χ0v) is 19.6. The third kappa shape index (κ3) is 4.93. The summed E-state index contributed by atoms with van der Waals surface area (Å²) < 4.78 is 1.51. The lowest BCUT2D eigenvalue weighted by Crippen LogP contribution is -2.23. The van der Waals surface area contributed by atoms with Gasteiger partial charge in [-0.15, -0.1) is 17.9 Å². The molecule has 0 aliphatic carbocycles. The fourth-order valence-electron chi connectivity index (χ4n) is 3.15. The maximum absolute atomic E-state index is 12.9. The molecule has 0 bridgehead atoms. The minimum absolute atomic E-state index is 0.0929. The zero-order valence-electron chi connectivity index (χ0n) is 17.2. The molecule has 0 aliphatic heterocycles. The van der Waals surface area contributed by atoms with Crippen LogP contribution < -0.4 is 10.9 Å². The predicted octanol–water partition coefficient (Wildman–Crippen LogP) is 5.40. The number of rotatable bonds is 7. The summed E-state index contributed by atoms with van der Waals surface area (Å²) >= 11 is 8.83. The van der Waals surface area contributed by atoms with E-state index in [0.29, 0.717) is 33.3 Å². The molecule has 0 unspecified atom stereocenters. The van der Waals surface area contributed by atoms with Crippen molar-refractivity contribution in [3.8, 4) is 11.3 Å². The molecule has 0 atom stereocenters. The monoisotopic (exact) mass is 482 g/mol. The standard InChI is InChI=1S/C23H19ClN4O2S2/c1-3-9-28-22(30)18-8-7-16(24)11-19(18)27-23(28)32-13-21(29)26-17-6-4-5-15(10-17)20-12-31-14(2)25-20/h3-8,10-12H,1,9,13H2,2H3,(H,26,29). The van der Waals surface area contributed by atoms with Crippen molar-refractivity contribution >= 4 is 57.2 Å². The fraction of sp³-hybridized carbons (Fsp3) is 0.130. The second-order valence-electron chi connectivity index (χ2n) is 6.93. The molecule has 0 fully saturated rings. The number of benzene rings is 2. The minimum atomic E-state index is -0.202. The number of carbonyl (C=O) groups is 1. The highest BCUT2D eigenvalue weighted by atomic mass is 35.5. The summed E-state index contributed by atoms with van der Waals surface area (Å²) in [4.78, 5) is 34.5. The van der Waals surface area contributed by atoms with Gasteiger partial charge < -0.3 is 5.32 Å². The summed E-state index contributed by atoms with van der Waals surface area (Å²) in [5.74, 6) is -0.109. The van der Waals surface area contributed by atoms with Crippen LogP contribution in [0.25, 0.3) is 22.2 Å². The van der Waals surface area contributed by atoms with Crippen LogP contribution in [0.5, 0.6) is 0 Å². The van der Waals surface area contributed by atoms with E-state index in [2.05, 4.69) is 21.9 Å². The molecule has 2 aromatic heterocycles. The number of aryl methyl sites for hydroxylation is 1. The Morgan fingerprint density at radius 1 is 1.28 bits per heavy atom. The molecule has 4 rings (SSSR count). The number of thiazole rings is 1. The van der Waals surface area contributed by atoms with E-state index in [1.54, 1.807) is 35.6 Å². The van der Waals surface area contributed by atoms with Crippen LogP contribution in [0.1, 0.15) is 5.01 Å². The normalized spacial score (nSPS) is 10.9. The molecule has 0 radical (unpaired) electrons. The van der Waals surface area contributed by atoms with Gasteiger partial charge in [0.2, 0.25) is 5.91 Å². The first-order chi connectivity index (χ1) is 15.4. The van der Waals surface area contributed by atoms with Crippen molar-refractivity contribution in [1.82, 2.24) is 14.5 Å². The summed E-state index contributed by atoms with van der Waals surface area (Å²) in [6.45, 7) is 5.97. The predicted molar refractivity (Wildman–Crippen MR) is 133 cm³/mol. The molecule has 4 aromatic rings. The van der Waals surface area contributed by atoms with Gasteiger partial charge >= 0.3 is 0 Å². The van der Waals surface area contributed by atoms with E-state index >= 15 is 0 Å². The molecule has 0 aliphatic rings. The Labute approximate surface area is 198 Å². The number of aromatic nitrogens is 3. The number of nitrogens with zero attached hydrogens (tertiary/aromatic N) is 3. The Bertz CT molecular complexity index is 1380. The number of amides is 1. The van der Waals surface area contributed by atoms with Crippen molar-refractivity contribution < 1.29 is 4.79 Å². The van der Waals surface area contributed by atoms with Crippen LogP contribution in [-0.2, 0) is 11.3 Å². The highest BCUT2D eigenvalue weighted by Gasteiger charge is 2.13. The van der Waals surface area contributed by atoms with Crippen molar-refractivity contribution in [3.63, 3.8) is 0 Å². The van der Waals surface area contributed by atoms with Gasteiger partial charge in [-0.2, -0.15) is 0 Å².